The van der Waals surface area contributed by atoms with Crippen LogP contribution >= 0.6 is 15.9 Å². The first-order valence-corrected chi connectivity index (χ1v) is 7.23. The SMILES string of the molecule is CS(=O)(=O)c1cccc(Br)c1CCCO. The Kier molecular flexibility index (Phi) is 4.31. The van der Waals surface area contributed by atoms with Gasteiger partial charge >= 0.3 is 0 Å². The third kappa shape index (κ3) is 3.29. The normalized spacial score (nSPS) is 11.7. The number of hydrogen-bond donors (Lipinski definition) is 1. The lowest BCUT2D eigenvalue weighted by atomic mass is 10.1. The van der Waals surface area contributed by atoms with E-state index in [1.807, 2.05) is 0 Å². The smallest absolute Gasteiger partial charge is 0.175 e. The van der Waals surface area contributed by atoms with Crippen LogP contribution in [0, 0.1) is 0 Å². The van der Waals surface area contributed by atoms with Gasteiger partial charge in [-0.05, 0) is 30.5 Å². The molecule has 0 atom stereocenters. The number of rotatable bonds is 4. The maximum Gasteiger partial charge on any atom is 0.175 e. The van der Waals surface area contributed by atoms with E-state index in [-0.39, 0.29) is 6.61 Å². The van der Waals surface area contributed by atoms with Gasteiger partial charge in [-0.2, -0.15) is 0 Å². The first kappa shape index (κ1) is 12.7. The standard InChI is InChI=1S/C10H13BrO3S/c1-15(13,14)10-6-2-5-9(11)8(10)4-3-7-12/h2,5-6,12H,3-4,7H2,1H3. The maximum atomic E-state index is 11.5. The molecular formula is C10H13BrO3S. The molecule has 84 valence electrons. The summed E-state index contributed by atoms with van der Waals surface area (Å²) < 4.78 is 23.7. The molecule has 0 heterocycles. The summed E-state index contributed by atoms with van der Waals surface area (Å²) in [5.74, 6) is 0. The van der Waals surface area contributed by atoms with Crippen LogP contribution in [0.2, 0.25) is 0 Å². The van der Waals surface area contributed by atoms with Crippen molar-refractivity contribution in [3.05, 3.63) is 28.2 Å². The van der Waals surface area contributed by atoms with E-state index in [9.17, 15) is 8.42 Å². The zero-order valence-corrected chi connectivity index (χ0v) is 10.8. The highest BCUT2D eigenvalue weighted by atomic mass is 79.9. The molecular weight excluding hydrogens is 280 g/mol. The molecule has 0 unspecified atom stereocenters. The third-order valence-electron chi connectivity index (χ3n) is 2.06. The maximum absolute atomic E-state index is 11.5. The van der Waals surface area contributed by atoms with Gasteiger partial charge in [0.2, 0.25) is 0 Å². The van der Waals surface area contributed by atoms with Crippen molar-refractivity contribution >= 4 is 25.8 Å². The first-order chi connectivity index (χ1) is 6.96. The van der Waals surface area contributed by atoms with Gasteiger partial charge in [0.15, 0.2) is 9.84 Å². The van der Waals surface area contributed by atoms with Crippen LogP contribution in [0.15, 0.2) is 27.6 Å². The van der Waals surface area contributed by atoms with Gasteiger partial charge in [0.1, 0.15) is 0 Å². The van der Waals surface area contributed by atoms with Crippen LogP contribution in [-0.4, -0.2) is 26.4 Å². The molecule has 0 amide bonds. The van der Waals surface area contributed by atoms with E-state index >= 15 is 0 Å². The van der Waals surface area contributed by atoms with Crippen molar-refractivity contribution in [1.82, 2.24) is 0 Å². The molecule has 5 heteroatoms. The largest absolute Gasteiger partial charge is 0.396 e. The van der Waals surface area contributed by atoms with E-state index in [0.29, 0.717) is 17.7 Å². The fourth-order valence-electron chi connectivity index (χ4n) is 1.38. The quantitative estimate of drug-likeness (QED) is 0.920. The van der Waals surface area contributed by atoms with Crippen molar-refractivity contribution in [2.24, 2.45) is 0 Å². The van der Waals surface area contributed by atoms with E-state index in [1.54, 1.807) is 18.2 Å². The summed E-state index contributed by atoms with van der Waals surface area (Å²) in [4.78, 5) is 0.338. The highest BCUT2D eigenvalue weighted by Gasteiger charge is 2.14. The minimum absolute atomic E-state index is 0.0601. The Morgan fingerprint density at radius 1 is 1.40 bits per heavy atom. The number of aliphatic hydroxyl groups excluding tert-OH is 1. The predicted octanol–water partition coefficient (Wildman–Crippen LogP) is 1.78. The summed E-state index contributed by atoms with van der Waals surface area (Å²) in [6.45, 7) is 0.0601. The summed E-state index contributed by atoms with van der Waals surface area (Å²) in [5.41, 5.74) is 0.744. The van der Waals surface area contributed by atoms with Crippen molar-refractivity contribution in [2.75, 3.05) is 12.9 Å². The van der Waals surface area contributed by atoms with Gasteiger partial charge in [0.05, 0.1) is 4.90 Å². The van der Waals surface area contributed by atoms with Crippen LogP contribution in [0.25, 0.3) is 0 Å². The lowest BCUT2D eigenvalue weighted by molar-refractivity contribution is 0.288. The van der Waals surface area contributed by atoms with Crippen molar-refractivity contribution in [3.8, 4) is 0 Å². The van der Waals surface area contributed by atoms with E-state index in [1.165, 1.54) is 6.26 Å². The number of halogens is 1. The van der Waals surface area contributed by atoms with Crippen molar-refractivity contribution in [1.29, 1.82) is 0 Å². The molecule has 0 aliphatic rings. The van der Waals surface area contributed by atoms with Gasteiger partial charge in [-0.1, -0.05) is 22.0 Å². The highest BCUT2D eigenvalue weighted by molar-refractivity contribution is 9.10. The minimum Gasteiger partial charge on any atom is -0.396 e. The molecule has 0 radical (unpaired) electrons. The van der Waals surface area contributed by atoms with Crippen LogP contribution in [0.5, 0.6) is 0 Å². The molecule has 0 aromatic heterocycles. The van der Waals surface area contributed by atoms with Crippen molar-refractivity contribution in [3.63, 3.8) is 0 Å². The van der Waals surface area contributed by atoms with Crippen LogP contribution in [-0.2, 0) is 16.3 Å². The molecule has 0 aliphatic heterocycles. The molecule has 0 spiro atoms. The van der Waals surface area contributed by atoms with E-state index in [0.717, 1.165) is 10.0 Å². The van der Waals surface area contributed by atoms with Gasteiger partial charge in [-0.3, -0.25) is 0 Å². The third-order valence-corrected chi connectivity index (χ3v) is 3.98. The van der Waals surface area contributed by atoms with E-state index < -0.39 is 9.84 Å². The summed E-state index contributed by atoms with van der Waals surface area (Å²) in [6.07, 6.45) is 2.31. The van der Waals surface area contributed by atoms with E-state index in [4.69, 9.17) is 5.11 Å². The fraction of sp³-hybridized carbons (Fsp3) is 0.400. The van der Waals surface area contributed by atoms with Gasteiger partial charge in [0, 0.05) is 17.3 Å². The van der Waals surface area contributed by atoms with E-state index in [2.05, 4.69) is 15.9 Å². The average Bonchev–Trinajstić information content (AvgIpc) is 2.14. The molecule has 0 bridgehead atoms. The fourth-order valence-corrected chi connectivity index (χ4v) is 3.07. The Bertz CT molecular complexity index is 440. The average molecular weight is 293 g/mol. The second-order valence-corrected chi connectivity index (χ2v) is 6.15. The molecule has 1 rings (SSSR count). The summed E-state index contributed by atoms with van der Waals surface area (Å²) in [7, 11) is -3.20. The lowest BCUT2D eigenvalue weighted by Gasteiger charge is -2.09. The highest BCUT2D eigenvalue weighted by Crippen LogP contribution is 2.25. The Labute approximate surface area is 98.2 Å². The molecule has 1 N–H and O–H groups in total. The molecule has 0 saturated heterocycles. The minimum atomic E-state index is -3.20. The lowest BCUT2D eigenvalue weighted by Crippen LogP contribution is -2.04. The van der Waals surface area contributed by atoms with Crippen molar-refractivity contribution in [2.45, 2.75) is 17.7 Å². The molecule has 15 heavy (non-hydrogen) atoms. The molecule has 0 saturated carbocycles. The number of aliphatic hydroxyl groups is 1. The Balaban J connectivity index is 3.21. The number of hydrogen-bond acceptors (Lipinski definition) is 3. The number of sulfone groups is 1. The zero-order chi connectivity index (χ0) is 11.5. The Morgan fingerprint density at radius 2 is 2.07 bits per heavy atom. The Morgan fingerprint density at radius 3 is 2.60 bits per heavy atom. The zero-order valence-electron chi connectivity index (χ0n) is 8.40. The monoisotopic (exact) mass is 292 g/mol. The van der Waals surface area contributed by atoms with Crippen LogP contribution in [0.3, 0.4) is 0 Å². The Hall–Kier alpha value is -0.390. The van der Waals surface area contributed by atoms with Crippen molar-refractivity contribution < 1.29 is 13.5 Å². The first-order valence-electron chi connectivity index (χ1n) is 4.55. The van der Waals surface area contributed by atoms with Crippen LogP contribution < -0.4 is 0 Å². The van der Waals surface area contributed by atoms with Gasteiger partial charge in [-0.25, -0.2) is 8.42 Å². The molecule has 0 aliphatic carbocycles. The topological polar surface area (TPSA) is 54.4 Å². The number of benzene rings is 1. The molecule has 1 aromatic rings. The molecule has 0 fully saturated rings. The summed E-state index contributed by atoms with van der Waals surface area (Å²) in [6, 6.07) is 5.09. The van der Waals surface area contributed by atoms with Crippen LogP contribution in [0.4, 0.5) is 0 Å². The summed E-state index contributed by atoms with van der Waals surface area (Å²) >= 11 is 3.32. The van der Waals surface area contributed by atoms with Gasteiger partial charge < -0.3 is 5.11 Å². The molecule has 3 nitrogen and oxygen atoms in total. The molecule has 1 aromatic carbocycles. The second kappa shape index (κ2) is 5.09. The van der Waals surface area contributed by atoms with Gasteiger partial charge in [0.25, 0.3) is 0 Å². The predicted molar refractivity (Wildman–Crippen MR) is 62.7 cm³/mol. The van der Waals surface area contributed by atoms with Gasteiger partial charge in [-0.15, -0.1) is 0 Å². The summed E-state index contributed by atoms with van der Waals surface area (Å²) in [5, 5.41) is 8.75. The second-order valence-electron chi connectivity index (χ2n) is 3.32. The van der Waals surface area contributed by atoms with Crippen LogP contribution in [0.1, 0.15) is 12.0 Å².